The number of carbonyl (C=O) groups excluding carboxylic acids is 1. The molecule has 1 aliphatic heterocycles. The van der Waals surface area contributed by atoms with Gasteiger partial charge in [-0.05, 0) is 43.0 Å². The molecule has 0 bridgehead atoms. The van der Waals surface area contributed by atoms with E-state index in [-0.39, 0.29) is 10.8 Å². The summed E-state index contributed by atoms with van der Waals surface area (Å²) in [6, 6.07) is 7.18. The normalized spacial score (nSPS) is 15.1. The minimum Gasteiger partial charge on any atom is -0.496 e. The molecule has 0 spiro atoms. The molecule has 27 heavy (non-hydrogen) atoms. The summed E-state index contributed by atoms with van der Waals surface area (Å²) in [6.45, 7) is 3.35. The number of ether oxygens (including phenoxy) is 1. The smallest absolute Gasteiger partial charge is 0.268 e. The first kappa shape index (κ1) is 19.4. The fraction of sp³-hybridized carbons (Fsp3) is 0.421. The van der Waals surface area contributed by atoms with E-state index in [1.54, 1.807) is 18.7 Å². The Balaban J connectivity index is 1.73. The lowest BCUT2D eigenvalue weighted by Crippen LogP contribution is -2.27. The van der Waals surface area contributed by atoms with Crippen LogP contribution in [0.5, 0.6) is 5.75 Å². The van der Waals surface area contributed by atoms with Crippen LogP contribution in [-0.2, 0) is 23.6 Å². The molecule has 0 radical (unpaired) electrons. The number of benzene rings is 1. The van der Waals surface area contributed by atoms with Gasteiger partial charge in [-0.2, -0.15) is 4.31 Å². The highest BCUT2D eigenvalue weighted by Crippen LogP contribution is 2.23. The molecule has 0 unspecified atom stereocenters. The van der Waals surface area contributed by atoms with Gasteiger partial charge in [-0.1, -0.05) is 12.1 Å². The van der Waals surface area contributed by atoms with Crippen LogP contribution in [0.3, 0.4) is 0 Å². The largest absolute Gasteiger partial charge is 0.496 e. The maximum Gasteiger partial charge on any atom is 0.268 e. The zero-order valence-corrected chi connectivity index (χ0v) is 16.7. The first-order valence-corrected chi connectivity index (χ1v) is 10.3. The van der Waals surface area contributed by atoms with Crippen LogP contribution in [0.4, 0.5) is 0 Å². The van der Waals surface area contributed by atoms with Gasteiger partial charge >= 0.3 is 0 Å². The second kappa shape index (κ2) is 7.74. The van der Waals surface area contributed by atoms with Crippen LogP contribution in [0.15, 0.2) is 35.4 Å². The van der Waals surface area contributed by atoms with Gasteiger partial charge in [0.2, 0.25) is 10.0 Å². The minimum absolute atomic E-state index is 0.161. The zero-order valence-electron chi connectivity index (χ0n) is 15.9. The fourth-order valence-corrected chi connectivity index (χ4v) is 4.81. The molecule has 146 valence electrons. The van der Waals surface area contributed by atoms with Crippen molar-refractivity contribution in [2.45, 2.75) is 31.2 Å². The molecule has 1 amide bonds. The third-order valence-electron chi connectivity index (χ3n) is 4.84. The van der Waals surface area contributed by atoms with Crippen molar-refractivity contribution in [3.63, 3.8) is 0 Å². The van der Waals surface area contributed by atoms with Crippen molar-refractivity contribution in [1.29, 1.82) is 0 Å². The van der Waals surface area contributed by atoms with Gasteiger partial charge in [-0.15, -0.1) is 0 Å². The van der Waals surface area contributed by atoms with Crippen molar-refractivity contribution in [3.05, 3.63) is 47.3 Å². The number of sulfonamides is 1. The van der Waals surface area contributed by atoms with E-state index >= 15 is 0 Å². The first-order valence-electron chi connectivity index (χ1n) is 8.91. The van der Waals surface area contributed by atoms with Crippen LogP contribution in [-0.4, -0.2) is 43.4 Å². The second-order valence-corrected chi connectivity index (χ2v) is 8.71. The number of hydrogen-bond acceptors (Lipinski definition) is 4. The number of aromatic nitrogens is 1. The fourth-order valence-electron chi connectivity index (χ4n) is 3.23. The molecule has 8 heteroatoms. The summed E-state index contributed by atoms with van der Waals surface area (Å²) in [5.74, 6) is 0.444. The lowest BCUT2D eigenvalue weighted by Gasteiger charge is -2.13. The molecule has 1 aromatic heterocycles. The van der Waals surface area contributed by atoms with E-state index in [1.165, 1.54) is 16.6 Å². The maximum absolute atomic E-state index is 12.7. The van der Waals surface area contributed by atoms with Crippen molar-refractivity contribution in [2.24, 2.45) is 7.05 Å². The molecular weight excluding hydrogens is 366 g/mol. The van der Waals surface area contributed by atoms with Gasteiger partial charge in [0.15, 0.2) is 0 Å². The Morgan fingerprint density at radius 2 is 1.93 bits per heavy atom. The Bertz CT molecular complexity index is 944. The number of nitrogens with zero attached hydrogens (tertiary/aromatic N) is 2. The highest BCUT2D eigenvalue weighted by atomic mass is 32.2. The number of amides is 1. The summed E-state index contributed by atoms with van der Waals surface area (Å²) in [5.41, 5.74) is 2.24. The summed E-state index contributed by atoms with van der Waals surface area (Å²) in [6.07, 6.45) is 3.25. The van der Waals surface area contributed by atoms with Gasteiger partial charge in [0.05, 0.1) is 7.11 Å². The van der Waals surface area contributed by atoms with Crippen LogP contribution in [0.25, 0.3) is 0 Å². The second-order valence-electron chi connectivity index (χ2n) is 6.77. The van der Waals surface area contributed by atoms with Gasteiger partial charge in [0.1, 0.15) is 16.3 Å². The van der Waals surface area contributed by atoms with Crippen LogP contribution in [0.1, 0.15) is 34.5 Å². The van der Waals surface area contributed by atoms with Gasteiger partial charge in [-0.3, -0.25) is 4.79 Å². The molecule has 7 nitrogen and oxygen atoms in total. The van der Waals surface area contributed by atoms with E-state index in [0.717, 1.165) is 29.7 Å². The predicted octanol–water partition coefficient (Wildman–Crippen LogP) is 2.06. The Kier molecular flexibility index (Phi) is 5.57. The average molecular weight is 391 g/mol. The highest BCUT2D eigenvalue weighted by Gasteiger charge is 2.29. The molecular formula is C19H25N3O4S. The third kappa shape index (κ3) is 4.01. The summed E-state index contributed by atoms with van der Waals surface area (Å²) >= 11 is 0. The molecule has 0 atom stereocenters. The van der Waals surface area contributed by atoms with E-state index in [2.05, 4.69) is 5.32 Å². The summed E-state index contributed by atoms with van der Waals surface area (Å²) in [4.78, 5) is 12.7. The molecule has 2 aromatic rings. The Morgan fingerprint density at radius 3 is 2.59 bits per heavy atom. The highest BCUT2D eigenvalue weighted by molar-refractivity contribution is 7.89. The molecule has 1 saturated heterocycles. The topological polar surface area (TPSA) is 80.6 Å². The number of hydrogen-bond donors (Lipinski definition) is 1. The molecule has 1 aliphatic rings. The van der Waals surface area contributed by atoms with Crippen LogP contribution < -0.4 is 10.1 Å². The maximum atomic E-state index is 12.7. The standard InChI is InChI=1S/C19H25N3O4S/c1-14-6-7-15(10-18(14)26-3)12-20-19(23)17-11-16(13-21(17)2)27(24,25)22-8-4-5-9-22/h6-7,10-11,13H,4-5,8-9,12H2,1-3H3,(H,20,23). The molecule has 3 rings (SSSR count). The number of carbonyl (C=O) groups is 1. The van der Waals surface area contributed by atoms with Crippen molar-refractivity contribution >= 4 is 15.9 Å². The number of nitrogens with one attached hydrogen (secondary N) is 1. The Morgan fingerprint density at radius 1 is 1.22 bits per heavy atom. The zero-order chi connectivity index (χ0) is 19.6. The minimum atomic E-state index is -3.54. The van der Waals surface area contributed by atoms with Gasteiger partial charge in [0.25, 0.3) is 5.91 Å². The number of rotatable bonds is 6. The number of aryl methyl sites for hydroxylation is 2. The van der Waals surface area contributed by atoms with Crippen LogP contribution in [0.2, 0.25) is 0 Å². The van der Waals surface area contributed by atoms with E-state index < -0.39 is 10.0 Å². The lowest BCUT2D eigenvalue weighted by molar-refractivity contribution is 0.0942. The van der Waals surface area contributed by atoms with E-state index in [1.807, 2.05) is 25.1 Å². The summed E-state index contributed by atoms with van der Waals surface area (Å²) in [7, 11) is -0.257. The molecule has 2 heterocycles. The van der Waals surface area contributed by atoms with E-state index in [0.29, 0.717) is 25.3 Å². The van der Waals surface area contributed by atoms with Crippen molar-refractivity contribution < 1.29 is 17.9 Å². The first-order chi connectivity index (χ1) is 12.8. The molecule has 0 aliphatic carbocycles. The van der Waals surface area contributed by atoms with Gasteiger partial charge < -0.3 is 14.6 Å². The van der Waals surface area contributed by atoms with E-state index in [9.17, 15) is 13.2 Å². The van der Waals surface area contributed by atoms with Crippen molar-refractivity contribution in [2.75, 3.05) is 20.2 Å². The lowest BCUT2D eigenvalue weighted by atomic mass is 10.1. The molecule has 1 N–H and O–H groups in total. The van der Waals surface area contributed by atoms with Crippen LogP contribution in [0, 0.1) is 6.92 Å². The Hall–Kier alpha value is -2.32. The molecule has 1 aromatic carbocycles. The van der Waals surface area contributed by atoms with Crippen LogP contribution >= 0.6 is 0 Å². The number of methoxy groups -OCH3 is 1. The Labute approximate surface area is 160 Å². The van der Waals surface area contributed by atoms with Gasteiger partial charge in [-0.25, -0.2) is 8.42 Å². The molecule has 0 saturated carbocycles. The van der Waals surface area contributed by atoms with Crippen molar-refractivity contribution in [3.8, 4) is 5.75 Å². The van der Waals surface area contributed by atoms with E-state index in [4.69, 9.17) is 4.74 Å². The van der Waals surface area contributed by atoms with Crippen molar-refractivity contribution in [1.82, 2.24) is 14.2 Å². The third-order valence-corrected chi connectivity index (χ3v) is 6.70. The SMILES string of the molecule is COc1cc(CNC(=O)c2cc(S(=O)(=O)N3CCCC3)cn2C)ccc1C. The monoisotopic (exact) mass is 391 g/mol. The summed E-state index contributed by atoms with van der Waals surface area (Å²) < 4.78 is 33.7. The summed E-state index contributed by atoms with van der Waals surface area (Å²) in [5, 5.41) is 2.84. The van der Waals surface area contributed by atoms with Gasteiger partial charge in [0, 0.05) is 32.9 Å². The molecule has 1 fully saturated rings. The quantitative estimate of drug-likeness (QED) is 0.817. The predicted molar refractivity (Wildman–Crippen MR) is 102 cm³/mol. The average Bonchev–Trinajstić information content (AvgIpc) is 3.31.